The molecule has 2 fully saturated rings. The molecule has 148 valence electrons. The molecule has 2 aliphatic rings. The van der Waals surface area contributed by atoms with Crippen LogP contribution in [0.15, 0.2) is 30.3 Å². The molecule has 4 rings (SSSR count). The largest absolute Gasteiger partial charge is 0.352 e. The van der Waals surface area contributed by atoms with E-state index in [1.807, 2.05) is 53.8 Å². The number of likely N-dealkylation sites (tertiary alicyclic amines) is 1. The number of piperidine rings is 1. The van der Waals surface area contributed by atoms with E-state index in [-0.39, 0.29) is 17.7 Å². The fourth-order valence-corrected chi connectivity index (χ4v) is 4.02. The maximum Gasteiger partial charge on any atom is 0.225 e. The number of nitrogens with one attached hydrogen (secondary N) is 1. The number of para-hydroxylation sites is 1. The number of amides is 2. The lowest BCUT2D eigenvalue weighted by Gasteiger charge is -2.31. The SMILES string of the molecule is Cc1nn(-c2ccccc2)c(C)c1CNC(=O)C1CCN(C(=O)C2CC2)CC1. The molecule has 0 radical (unpaired) electrons. The zero-order valence-corrected chi connectivity index (χ0v) is 16.6. The van der Waals surface area contributed by atoms with Crippen molar-refractivity contribution in [2.75, 3.05) is 13.1 Å². The van der Waals surface area contributed by atoms with Crippen LogP contribution in [0.2, 0.25) is 0 Å². The molecule has 6 heteroatoms. The van der Waals surface area contributed by atoms with E-state index >= 15 is 0 Å². The van der Waals surface area contributed by atoms with E-state index < -0.39 is 0 Å². The summed E-state index contributed by atoms with van der Waals surface area (Å²) in [5.41, 5.74) is 4.08. The predicted molar refractivity (Wildman–Crippen MR) is 107 cm³/mol. The molecule has 1 aliphatic heterocycles. The van der Waals surface area contributed by atoms with Crippen molar-refractivity contribution in [3.05, 3.63) is 47.3 Å². The first-order chi connectivity index (χ1) is 13.5. The Morgan fingerprint density at radius 1 is 1.04 bits per heavy atom. The number of hydrogen-bond acceptors (Lipinski definition) is 3. The molecule has 0 atom stereocenters. The molecule has 0 spiro atoms. The summed E-state index contributed by atoms with van der Waals surface area (Å²) in [7, 11) is 0. The summed E-state index contributed by atoms with van der Waals surface area (Å²) >= 11 is 0. The minimum absolute atomic E-state index is 0.00645. The Bertz CT molecular complexity index is 862. The van der Waals surface area contributed by atoms with Crippen LogP contribution in [-0.4, -0.2) is 39.6 Å². The summed E-state index contributed by atoms with van der Waals surface area (Å²) in [6.07, 6.45) is 3.58. The van der Waals surface area contributed by atoms with Crippen LogP contribution in [0, 0.1) is 25.7 Å². The van der Waals surface area contributed by atoms with Crippen molar-refractivity contribution in [1.29, 1.82) is 0 Å². The maximum atomic E-state index is 12.7. The van der Waals surface area contributed by atoms with Crippen LogP contribution in [0.4, 0.5) is 0 Å². The first kappa shape index (κ1) is 18.7. The van der Waals surface area contributed by atoms with E-state index in [0.717, 1.165) is 48.3 Å². The standard InChI is InChI=1S/C22H28N4O2/c1-15-20(16(2)26(24-15)19-6-4-3-5-7-19)14-23-21(27)17-10-12-25(13-11-17)22(28)18-8-9-18/h3-7,17-18H,8-14H2,1-2H3,(H,23,27). The summed E-state index contributed by atoms with van der Waals surface area (Å²) in [6, 6.07) is 10.0. The second-order valence-electron chi connectivity index (χ2n) is 7.99. The predicted octanol–water partition coefficient (Wildman–Crippen LogP) is 2.75. The smallest absolute Gasteiger partial charge is 0.225 e. The highest BCUT2D eigenvalue weighted by atomic mass is 16.2. The zero-order chi connectivity index (χ0) is 19.7. The molecule has 1 aromatic carbocycles. The van der Waals surface area contributed by atoms with Gasteiger partial charge in [-0.2, -0.15) is 5.10 Å². The summed E-state index contributed by atoms with van der Waals surface area (Å²) in [6.45, 7) is 5.92. The zero-order valence-electron chi connectivity index (χ0n) is 16.6. The lowest BCUT2D eigenvalue weighted by atomic mass is 9.95. The van der Waals surface area contributed by atoms with Crippen molar-refractivity contribution >= 4 is 11.8 Å². The van der Waals surface area contributed by atoms with E-state index in [4.69, 9.17) is 0 Å². The minimum Gasteiger partial charge on any atom is -0.352 e. The number of hydrogen-bond donors (Lipinski definition) is 1. The fourth-order valence-electron chi connectivity index (χ4n) is 4.02. The van der Waals surface area contributed by atoms with Crippen molar-refractivity contribution in [2.45, 2.75) is 46.1 Å². The molecular formula is C22H28N4O2. The molecule has 1 saturated carbocycles. The molecule has 1 aliphatic carbocycles. The first-order valence-electron chi connectivity index (χ1n) is 10.2. The van der Waals surface area contributed by atoms with E-state index in [9.17, 15) is 9.59 Å². The number of rotatable bonds is 5. The third-order valence-corrected chi connectivity index (χ3v) is 5.99. The minimum atomic E-state index is -0.00645. The van der Waals surface area contributed by atoms with E-state index in [0.29, 0.717) is 25.5 Å². The average molecular weight is 380 g/mol. The van der Waals surface area contributed by atoms with Crippen LogP contribution in [0.3, 0.4) is 0 Å². The third kappa shape index (κ3) is 3.81. The Morgan fingerprint density at radius 3 is 2.36 bits per heavy atom. The van der Waals surface area contributed by atoms with Crippen LogP contribution >= 0.6 is 0 Å². The molecule has 1 saturated heterocycles. The number of aryl methyl sites for hydroxylation is 1. The average Bonchev–Trinajstić information content (AvgIpc) is 3.53. The second-order valence-corrected chi connectivity index (χ2v) is 7.99. The Balaban J connectivity index is 1.34. The van der Waals surface area contributed by atoms with Gasteiger partial charge in [-0.15, -0.1) is 0 Å². The van der Waals surface area contributed by atoms with Crippen molar-refractivity contribution in [3.8, 4) is 5.69 Å². The van der Waals surface area contributed by atoms with E-state index in [1.54, 1.807) is 0 Å². The van der Waals surface area contributed by atoms with Crippen LogP contribution in [-0.2, 0) is 16.1 Å². The molecule has 6 nitrogen and oxygen atoms in total. The highest BCUT2D eigenvalue weighted by Gasteiger charge is 2.35. The fraction of sp³-hybridized carbons (Fsp3) is 0.500. The lowest BCUT2D eigenvalue weighted by molar-refractivity contribution is -0.136. The van der Waals surface area contributed by atoms with Gasteiger partial charge in [0.2, 0.25) is 11.8 Å². The molecule has 0 unspecified atom stereocenters. The summed E-state index contributed by atoms with van der Waals surface area (Å²) in [4.78, 5) is 26.8. The Kier molecular flexibility index (Phi) is 5.20. The quantitative estimate of drug-likeness (QED) is 0.867. The summed E-state index contributed by atoms with van der Waals surface area (Å²) in [5, 5.41) is 7.74. The van der Waals surface area contributed by atoms with Crippen molar-refractivity contribution in [2.24, 2.45) is 11.8 Å². The molecule has 28 heavy (non-hydrogen) atoms. The van der Waals surface area contributed by atoms with Gasteiger partial charge in [-0.3, -0.25) is 9.59 Å². The van der Waals surface area contributed by atoms with Gasteiger partial charge in [0.1, 0.15) is 0 Å². The second kappa shape index (κ2) is 7.78. The van der Waals surface area contributed by atoms with Gasteiger partial charge in [0, 0.05) is 42.7 Å². The molecular weight excluding hydrogens is 352 g/mol. The molecule has 2 amide bonds. The molecule has 1 aromatic heterocycles. The van der Waals surface area contributed by atoms with Crippen LogP contribution < -0.4 is 5.32 Å². The van der Waals surface area contributed by atoms with Crippen molar-refractivity contribution in [1.82, 2.24) is 20.0 Å². The number of nitrogens with zero attached hydrogens (tertiary/aromatic N) is 3. The molecule has 2 heterocycles. The molecule has 2 aromatic rings. The number of aromatic nitrogens is 2. The van der Waals surface area contributed by atoms with E-state index in [1.165, 1.54) is 0 Å². The number of benzene rings is 1. The van der Waals surface area contributed by atoms with Gasteiger partial charge >= 0.3 is 0 Å². The van der Waals surface area contributed by atoms with Gasteiger partial charge in [-0.05, 0) is 51.7 Å². The highest BCUT2D eigenvalue weighted by Crippen LogP contribution is 2.32. The number of carbonyl (C=O) groups is 2. The first-order valence-corrected chi connectivity index (χ1v) is 10.2. The number of carbonyl (C=O) groups excluding carboxylic acids is 2. The molecule has 1 N–H and O–H groups in total. The maximum absolute atomic E-state index is 12.7. The van der Waals surface area contributed by atoms with Gasteiger partial charge in [-0.1, -0.05) is 18.2 Å². The van der Waals surface area contributed by atoms with E-state index in [2.05, 4.69) is 10.4 Å². The van der Waals surface area contributed by atoms with Crippen LogP contribution in [0.1, 0.15) is 42.6 Å². The third-order valence-electron chi connectivity index (χ3n) is 5.99. The van der Waals surface area contributed by atoms with Crippen LogP contribution in [0.5, 0.6) is 0 Å². The highest BCUT2D eigenvalue weighted by molar-refractivity contribution is 5.82. The van der Waals surface area contributed by atoms with Crippen LogP contribution in [0.25, 0.3) is 5.69 Å². The normalized spacial score (nSPS) is 17.6. The monoisotopic (exact) mass is 380 g/mol. The topological polar surface area (TPSA) is 67.2 Å². The molecule has 0 bridgehead atoms. The van der Waals surface area contributed by atoms with Crippen molar-refractivity contribution in [3.63, 3.8) is 0 Å². The lowest BCUT2D eigenvalue weighted by Crippen LogP contribution is -2.43. The van der Waals surface area contributed by atoms with Gasteiger partial charge in [0.25, 0.3) is 0 Å². The van der Waals surface area contributed by atoms with Gasteiger partial charge in [0.15, 0.2) is 0 Å². The summed E-state index contributed by atoms with van der Waals surface area (Å²) < 4.78 is 1.93. The Labute approximate surface area is 165 Å². The Morgan fingerprint density at radius 2 is 1.71 bits per heavy atom. The summed E-state index contributed by atoms with van der Waals surface area (Å²) in [5.74, 6) is 0.633. The van der Waals surface area contributed by atoms with Gasteiger partial charge in [-0.25, -0.2) is 4.68 Å². The van der Waals surface area contributed by atoms with Crippen molar-refractivity contribution < 1.29 is 9.59 Å². The Hall–Kier alpha value is -2.63. The van der Waals surface area contributed by atoms with Gasteiger partial charge < -0.3 is 10.2 Å². The van der Waals surface area contributed by atoms with Gasteiger partial charge in [0.05, 0.1) is 11.4 Å².